The van der Waals surface area contributed by atoms with E-state index >= 15 is 0 Å². The van der Waals surface area contributed by atoms with E-state index in [0.717, 1.165) is 5.69 Å². The summed E-state index contributed by atoms with van der Waals surface area (Å²) in [6.07, 6.45) is 0.475. The van der Waals surface area contributed by atoms with Crippen LogP contribution in [0.15, 0.2) is 29.4 Å². The Morgan fingerprint density at radius 3 is 3.00 bits per heavy atom. The molecule has 0 spiro atoms. The summed E-state index contributed by atoms with van der Waals surface area (Å²) >= 11 is 5.83. The number of nitrogens with two attached hydrogens (primary N) is 1. The Morgan fingerprint density at radius 2 is 2.40 bits per heavy atom. The fourth-order valence-electron chi connectivity index (χ4n) is 1.27. The van der Waals surface area contributed by atoms with Crippen molar-refractivity contribution in [3.05, 3.63) is 29.3 Å². The molecule has 1 aromatic carbocycles. The Labute approximate surface area is 93.7 Å². The quantitative estimate of drug-likeness (QED) is 0.320. The van der Waals surface area contributed by atoms with E-state index in [1.54, 1.807) is 6.07 Å². The van der Waals surface area contributed by atoms with Gasteiger partial charge >= 0.3 is 0 Å². The van der Waals surface area contributed by atoms with Gasteiger partial charge in [0, 0.05) is 23.2 Å². The summed E-state index contributed by atoms with van der Waals surface area (Å²) in [4.78, 5) is 0. The van der Waals surface area contributed by atoms with E-state index in [-0.39, 0.29) is 11.9 Å². The lowest BCUT2D eigenvalue weighted by atomic mass is 10.2. The molecule has 15 heavy (non-hydrogen) atoms. The molecule has 0 aromatic heterocycles. The normalized spacial score (nSPS) is 13.6. The first-order chi connectivity index (χ1) is 7.11. The molecule has 1 aromatic rings. The molecular weight excluding hydrogens is 214 g/mol. The van der Waals surface area contributed by atoms with E-state index in [9.17, 15) is 0 Å². The Kier molecular flexibility index (Phi) is 4.24. The minimum Gasteiger partial charge on any atom is -0.409 e. The first kappa shape index (κ1) is 11.7. The summed E-state index contributed by atoms with van der Waals surface area (Å²) in [5, 5.41) is 15.2. The van der Waals surface area contributed by atoms with Crippen molar-refractivity contribution in [1.82, 2.24) is 0 Å². The molecule has 0 radical (unpaired) electrons. The molecule has 82 valence electrons. The van der Waals surface area contributed by atoms with E-state index in [0.29, 0.717) is 11.4 Å². The van der Waals surface area contributed by atoms with Gasteiger partial charge in [-0.3, -0.25) is 0 Å². The van der Waals surface area contributed by atoms with Crippen LogP contribution in [0.25, 0.3) is 0 Å². The summed E-state index contributed by atoms with van der Waals surface area (Å²) in [5.74, 6) is 0.206. The lowest BCUT2D eigenvalue weighted by Gasteiger charge is -2.14. The summed E-state index contributed by atoms with van der Waals surface area (Å²) in [6, 6.07) is 7.49. The van der Waals surface area contributed by atoms with Gasteiger partial charge in [-0.1, -0.05) is 22.8 Å². The van der Waals surface area contributed by atoms with Gasteiger partial charge in [0.05, 0.1) is 0 Å². The fraction of sp³-hybridized carbons (Fsp3) is 0.300. The predicted molar refractivity (Wildman–Crippen MR) is 62.6 cm³/mol. The second-order valence-corrected chi connectivity index (χ2v) is 3.79. The van der Waals surface area contributed by atoms with Crippen molar-refractivity contribution in [3.63, 3.8) is 0 Å². The van der Waals surface area contributed by atoms with Gasteiger partial charge in [-0.15, -0.1) is 0 Å². The zero-order valence-corrected chi connectivity index (χ0v) is 9.20. The number of benzene rings is 1. The van der Waals surface area contributed by atoms with Crippen molar-refractivity contribution in [1.29, 1.82) is 0 Å². The van der Waals surface area contributed by atoms with Gasteiger partial charge in [0.15, 0.2) is 0 Å². The van der Waals surface area contributed by atoms with E-state index < -0.39 is 0 Å². The number of nitrogens with zero attached hydrogens (tertiary/aromatic N) is 1. The molecular formula is C10H14ClN3O. The van der Waals surface area contributed by atoms with Gasteiger partial charge in [0.1, 0.15) is 5.84 Å². The Bertz CT molecular complexity index is 354. The molecule has 0 saturated carbocycles. The summed E-state index contributed by atoms with van der Waals surface area (Å²) < 4.78 is 0. The molecule has 5 heteroatoms. The number of nitrogens with one attached hydrogen (secondary N) is 1. The van der Waals surface area contributed by atoms with Crippen LogP contribution < -0.4 is 11.1 Å². The fourth-order valence-corrected chi connectivity index (χ4v) is 1.46. The van der Waals surface area contributed by atoms with E-state index in [4.69, 9.17) is 22.5 Å². The number of hydrogen-bond donors (Lipinski definition) is 3. The largest absolute Gasteiger partial charge is 0.409 e. The molecule has 4 N–H and O–H groups in total. The Balaban J connectivity index is 2.55. The summed E-state index contributed by atoms with van der Waals surface area (Å²) in [5.41, 5.74) is 6.31. The molecule has 1 unspecified atom stereocenters. The monoisotopic (exact) mass is 227 g/mol. The van der Waals surface area contributed by atoms with Gasteiger partial charge < -0.3 is 16.3 Å². The van der Waals surface area contributed by atoms with Crippen molar-refractivity contribution >= 4 is 23.1 Å². The topological polar surface area (TPSA) is 70.6 Å². The van der Waals surface area contributed by atoms with Crippen LogP contribution in [0.4, 0.5) is 5.69 Å². The third-order valence-electron chi connectivity index (χ3n) is 1.88. The number of halogens is 1. The maximum atomic E-state index is 8.41. The third kappa shape index (κ3) is 4.08. The molecule has 0 aliphatic heterocycles. The number of rotatable bonds is 4. The summed E-state index contributed by atoms with van der Waals surface area (Å²) in [6.45, 7) is 1.94. The molecule has 0 amide bonds. The van der Waals surface area contributed by atoms with Crippen molar-refractivity contribution in [2.24, 2.45) is 10.9 Å². The molecule has 0 heterocycles. The molecule has 1 rings (SSSR count). The molecule has 0 saturated heterocycles. The number of hydrogen-bond acceptors (Lipinski definition) is 3. The minimum absolute atomic E-state index is 0.0827. The highest BCUT2D eigenvalue weighted by atomic mass is 35.5. The van der Waals surface area contributed by atoms with Crippen LogP contribution in [0.2, 0.25) is 5.02 Å². The number of oxime groups is 1. The van der Waals surface area contributed by atoms with E-state index in [1.165, 1.54) is 0 Å². The minimum atomic E-state index is 0.0827. The van der Waals surface area contributed by atoms with Crippen LogP contribution in [0.1, 0.15) is 13.3 Å². The van der Waals surface area contributed by atoms with Crippen LogP contribution in [0.3, 0.4) is 0 Å². The standard InChI is InChI=1S/C10H14ClN3O/c1-7(5-10(12)14-15)13-9-4-2-3-8(11)6-9/h2-4,6-7,13,15H,5H2,1H3,(H2,12,14). The average Bonchev–Trinajstić information content (AvgIpc) is 2.17. The first-order valence-corrected chi connectivity index (χ1v) is 4.98. The van der Waals surface area contributed by atoms with Crippen LogP contribution >= 0.6 is 11.6 Å². The van der Waals surface area contributed by atoms with Crippen molar-refractivity contribution in [2.45, 2.75) is 19.4 Å². The Morgan fingerprint density at radius 1 is 1.67 bits per heavy atom. The molecule has 0 bridgehead atoms. The van der Waals surface area contributed by atoms with Crippen LogP contribution in [-0.4, -0.2) is 17.1 Å². The zero-order chi connectivity index (χ0) is 11.3. The maximum absolute atomic E-state index is 8.41. The van der Waals surface area contributed by atoms with Crippen LogP contribution in [0.5, 0.6) is 0 Å². The molecule has 4 nitrogen and oxygen atoms in total. The van der Waals surface area contributed by atoms with Crippen LogP contribution in [-0.2, 0) is 0 Å². The van der Waals surface area contributed by atoms with Gasteiger partial charge in [-0.2, -0.15) is 0 Å². The zero-order valence-electron chi connectivity index (χ0n) is 8.44. The maximum Gasteiger partial charge on any atom is 0.141 e. The Hall–Kier alpha value is -1.42. The first-order valence-electron chi connectivity index (χ1n) is 4.60. The van der Waals surface area contributed by atoms with Crippen molar-refractivity contribution in [3.8, 4) is 0 Å². The SMILES string of the molecule is CC(CC(N)=NO)Nc1cccc(Cl)c1. The summed E-state index contributed by atoms with van der Waals surface area (Å²) in [7, 11) is 0. The highest BCUT2D eigenvalue weighted by Gasteiger charge is 2.04. The second-order valence-electron chi connectivity index (χ2n) is 3.35. The smallest absolute Gasteiger partial charge is 0.141 e. The van der Waals surface area contributed by atoms with Gasteiger partial charge in [0.25, 0.3) is 0 Å². The lowest BCUT2D eigenvalue weighted by molar-refractivity contribution is 0.316. The lowest BCUT2D eigenvalue weighted by Crippen LogP contribution is -2.24. The third-order valence-corrected chi connectivity index (χ3v) is 2.12. The molecule has 0 aliphatic rings. The predicted octanol–water partition coefficient (Wildman–Crippen LogP) is 2.28. The van der Waals surface area contributed by atoms with Gasteiger partial charge in [-0.25, -0.2) is 0 Å². The van der Waals surface area contributed by atoms with Gasteiger partial charge in [-0.05, 0) is 25.1 Å². The molecule has 0 aliphatic carbocycles. The number of anilines is 1. The highest BCUT2D eigenvalue weighted by Crippen LogP contribution is 2.16. The highest BCUT2D eigenvalue weighted by molar-refractivity contribution is 6.30. The van der Waals surface area contributed by atoms with Gasteiger partial charge in [0.2, 0.25) is 0 Å². The van der Waals surface area contributed by atoms with E-state index in [2.05, 4.69) is 10.5 Å². The van der Waals surface area contributed by atoms with Crippen LogP contribution in [0, 0.1) is 0 Å². The second kappa shape index (κ2) is 5.46. The average molecular weight is 228 g/mol. The van der Waals surface area contributed by atoms with Crippen molar-refractivity contribution < 1.29 is 5.21 Å². The van der Waals surface area contributed by atoms with E-state index in [1.807, 2.05) is 25.1 Å². The molecule has 0 fully saturated rings. The molecule has 1 atom stereocenters. The van der Waals surface area contributed by atoms with Crippen molar-refractivity contribution in [2.75, 3.05) is 5.32 Å². The number of amidine groups is 1.